The molecule has 0 saturated heterocycles. The number of ketones is 1. The summed E-state index contributed by atoms with van der Waals surface area (Å²) in [5, 5.41) is 0. The summed E-state index contributed by atoms with van der Waals surface area (Å²) in [5.41, 5.74) is 0.0492. The average molecular weight is 291 g/mol. The maximum Gasteiger partial charge on any atom is 0.263 e. The molecule has 0 atom stereocenters. The predicted octanol–water partition coefficient (Wildman–Crippen LogP) is 2.89. The van der Waals surface area contributed by atoms with Gasteiger partial charge in [0.2, 0.25) is 5.91 Å². The lowest BCUT2D eigenvalue weighted by molar-refractivity contribution is -0.139. The Balaban J connectivity index is 2.74. The van der Waals surface area contributed by atoms with E-state index in [1.54, 1.807) is 6.08 Å². The van der Waals surface area contributed by atoms with Crippen LogP contribution in [-0.2, 0) is 14.4 Å². The Morgan fingerprint density at radius 2 is 1.62 bits per heavy atom. The maximum absolute atomic E-state index is 12.0. The Morgan fingerprint density at radius 1 is 1.05 bits per heavy atom. The van der Waals surface area contributed by atoms with E-state index in [1.165, 1.54) is 39.8 Å². The molecule has 0 spiro atoms. The van der Waals surface area contributed by atoms with Gasteiger partial charge in [-0.15, -0.1) is 0 Å². The highest BCUT2D eigenvalue weighted by atomic mass is 16.2. The molecule has 0 aromatic rings. The van der Waals surface area contributed by atoms with E-state index in [0.29, 0.717) is 5.92 Å². The summed E-state index contributed by atoms with van der Waals surface area (Å²) in [6, 6.07) is 0. The molecule has 1 fully saturated rings. The fourth-order valence-electron chi connectivity index (χ4n) is 2.45. The lowest BCUT2D eigenvalue weighted by Gasteiger charge is -2.23. The van der Waals surface area contributed by atoms with Crippen LogP contribution in [0.2, 0.25) is 0 Å². The third-order valence-corrected chi connectivity index (χ3v) is 4.09. The van der Waals surface area contributed by atoms with E-state index in [2.05, 4.69) is 13.0 Å². The van der Waals surface area contributed by atoms with Crippen LogP contribution in [0.5, 0.6) is 0 Å². The summed E-state index contributed by atoms with van der Waals surface area (Å²) in [7, 11) is 1.38. The molecule has 2 amide bonds. The molecule has 0 bridgehead atoms. The number of amides is 2. The molecule has 21 heavy (non-hydrogen) atoms. The van der Waals surface area contributed by atoms with Gasteiger partial charge in [-0.05, 0) is 37.7 Å². The SMILES string of the molecule is CC(=O)/C(=C/C=C/C1CCC(C)CC1)C(=O)N(C)C(C)=O. The molecule has 1 saturated carbocycles. The van der Waals surface area contributed by atoms with Crippen LogP contribution in [0.4, 0.5) is 0 Å². The fraction of sp³-hybridized carbons (Fsp3) is 0.588. The Labute approximate surface area is 126 Å². The highest BCUT2D eigenvalue weighted by Crippen LogP contribution is 2.28. The molecule has 0 radical (unpaired) electrons. The van der Waals surface area contributed by atoms with Crippen molar-refractivity contribution in [2.75, 3.05) is 7.05 Å². The van der Waals surface area contributed by atoms with Crippen molar-refractivity contribution < 1.29 is 14.4 Å². The van der Waals surface area contributed by atoms with Crippen LogP contribution < -0.4 is 0 Å². The van der Waals surface area contributed by atoms with Crippen LogP contribution in [0, 0.1) is 11.8 Å². The normalized spacial score (nSPS) is 23.1. The van der Waals surface area contributed by atoms with Gasteiger partial charge in [0.15, 0.2) is 5.78 Å². The second kappa shape index (κ2) is 7.91. The van der Waals surface area contributed by atoms with Crippen LogP contribution in [0.25, 0.3) is 0 Å². The smallest absolute Gasteiger partial charge is 0.263 e. The zero-order chi connectivity index (χ0) is 16.0. The molecular weight excluding hydrogens is 266 g/mol. The molecule has 1 aliphatic carbocycles. The minimum Gasteiger partial charge on any atom is -0.294 e. The summed E-state index contributed by atoms with van der Waals surface area (Å²) >= 11 is 0. The summed E-state index contributed by atoms with van der Waals surface area (Å²) in [5.74, 6) is 0.0689. The number of likely N-dealkylation sites (N-methyl/N-ethyl adjacent to an activating group) is 1. The molecular formula is C17H25NO3. The minimum atomic E-state index is -0.545. The summed E-state index contributed by atoms with van der Waals surface area (Å²) in [4.78, 5) is 35.8. The number of carbonyl (C=O) groups is 3. The molecule has 4 nitrogen and oxygen atoms in total. The van der Waals surface area contributed by atoms with Crippen molar-refractivity contribution in [2.45, 2.75) is 46.5 Å². The van der Waals surface area contributed by atoms with Gasteiger partial charge in [0.1, 0.15) is 0 Å². The van der Waals surface area contributed by atoms with Gasteiger partial charge < -0.3 is 0 Å². The average Bonchev–Trinajstić information content (AvgIpc) is 2.43. The number of imide groups is 1. The largest absolute Gasteiger partial charge is 0.294 e. The quantitative estimate of drug-likeness (QED) is 0.346. The number of nitrogens with zero attached hydrogens (tertiary/aromatic N) is 1. The van der Waals surface area contributed by atoms with E-state index >= 15 is 0 Å². The molecule has 1 rings (SSSR count). The number of rotatable bonds is 4. The van der Waals surface area contributed by atoms with Crippen molar-refractivity contribution in [1.82, 2.24) is 4.90 Å². The van der Waals surface area contributed by atoms with Crippen LogP contribution >= 0.6 is 0 Å². The fourth-order valence-corrected chi connectivity index (χ4v) is 2.45. The number of Topliss-reactive ketones (excluding diaryl/α,β-unsaturated/α-hetero) is 1. The van der Waals surface area contributed by atoms with Crippen molar-refractivity contribution in [3.05, 3.63) is 23.8 Å². The third kappa shape index (κ3) is 5.29. The third-order valence-electron chi connectivity index (χ3n) is 4.09. The second-order valence-corrected chi connectivity index (χ2v) is 5.92. The number of hydrogen-bond donors (Lipinski definition) is 0. The van der Waals surface area contributed by atoms with Crippen LogP contribution in [-0.4, -0.2) is 29.5 Å². The first-order chi connectivity index (χ1) is 9.82. The van der Waals surface area contributed by atoms with Gasteiger partial charge in [0, 0.05) is 14.0 Å². The van der Waals surface area contributed by atoms with Crippen molar-refractivity contribution in [1.29, 1.82) is 0 Å². The van der Waals surface area contributed by atoms with Crippen molar-refractivity contribution >= 4 is 17.6 Å². The van der Waals surface area contributed by atoms with Gasteiger partial charge in [-0.3, -0.25) is 19.3 Å². The van der Waals surface area contributed by atoms with Crippen LogP contribution in [0.3, 0.4) is 0 Å². The van der Waals surface area contributed by atoms with Gasteiger partial charge in [0.05, 0.1) is 5.57 Å². The molecule has 1 aliphatic rings. The molecule has 0 aromatic heterocycles. The zero-order valence-electron chi connectivity index (χ0n) is 13.4. The zero-order valence-corrected chi connectivity index (χ0v) is 13.4. The summed E-state index contributed by atoms with van der Waals surface area (Å²) < 4.78 is 0. The van der Waals surface area contributed by atoms with Crippen molar-refractivity contribution in [2.24, 2.45) is 11.8 Å². The van der Waals surface area contributed by atoms with E-state index in [4.69, 9.17) is 0 Å². The van der Waals surface area contributed by atoms with Gasteiger partial charge in [-0.2, -0.15) is 0 Å². The Morgan fingerprint density at radius 3 is 2.10 bits per heavy atom. The molecule has 0 heterocycles. The monoisotopic (exact) mass is 291 g/mol. The summed E-state index contributed by atoms with van der Waals surface area (Å²) in [6.07, 6.45) is 10.1. The highest BCUT2D eigenvalue weighted by molar-refractivity contribution is 6.21. The minimum absolute atomic E-state index is 0.0492. The molecule has 0 unspecified atom stereocenters. The van der Waals surface area contributed by atoms with Gasteiger partial charge in [0.25, 0.3) is 5.91 Å². The first-order valence-corrected chi connectivity index (χ1v) is 7.51. The van der Waals surface area contributed by atoms with Gasteiger partial charge in [-0.1, -0.05) is 31.9 Å². The van der Waals surface area contributed by atoms with E-state index in [0.717, 1.165) is 23.7 Å². The number of hydrogen-bond acceptors (Lipinski definition) is 3. The van der Waals surface area contributed by atoms with E-state index < -0.39 is 5.91 Å². The lowest BCUT2D eigenvalue weighted by Crippen LogP contribution is -2.33. The van der Waals surface area contributed by atoms with E-state index in [-0.39, 0.29) is 17.3 Å². The lowest BCUT2D eigenvalue weighted by atomic mass is 9.83. The standard InChI is InChI=1S/C17H25NO3/c1-12-8-10-15(11-9-12)6-5-7-16(13(2)19)17(21)18(4)14(3)20/h5-7,12,15H,8-11H2,1-4H3/b6-5+,16-7-. The van der Waals surface area contributed by atoms with Crippen molar-refractivity contribution in [3.8, 4) is 0 Å². The maximum atomic E-state index is 12.0. The molecule has 0 aliphatic heterocycles. The predicted molar refractivity (Wildman–Crippen MR) is 82.5 cm³/mol. The van der Waals surface area contributed by atoms with Crippen molar-refractivity contribution in [3.63, 3.8) is 0 Å². The topological polar surface area (TPSA) is 54.5 Å². The molecule has 0 aromatic carbocycles. The Hall–Kier alpha value is -1.71. The Kier molecular flexibility index (Phi) is 6.53. The Bertz CT molecular complexity index is 468. The molecule has 116 valence electrons. The first kappa shape index (κ1) is 17.3. The number of carbonyl (C=O) groups excluding carboxylic acids is 3. The molecule has 0 N–H and O–H groups in total. The van der Waals surface area contributed by atoms with E-state index in [9.17, 15) is 14.4 Å². The summed E-state index contributed by atoms with van der Waals surface area (Å²) in [6.45, 7) is 4.91. The highest BCUT2D eigenvalue weighted by Gasteiger charge is 2.20. The van der Waals surface area contributed by atoms with Gasteiger partial charge in [-0.25, -0.2) is 0 Å². The van der Waals surface area contributed by atoms with Crippen LogP contribution in [0.1, 0.15) is 46.5 Å². The van der Waals surface area contributed by atoms with Crippen LogP contribution in [0.15, 0.2) is 23.8 Å². The second-order valence-electron chi connectivity index (χ2n) is 5.92. The van der Waals surface area contributed by atoms with E-state index in [1.807, 2.05) is 0 Å². The molecule has 4 heteroatoms. The van der Waals surface area contributed by atoms with Gasteiger partial charge >= 0.3 is 0 Å². The first-order valence-electron chi connectivity index (χ1n) is 7.51. The number of allylic oxidation sites excluding steroid dienone is 3.